The molecule has 0 saturated carbocycles. The fourth-order valence-electron chi connectivity index (χ4n) is 0.984. The Balaban J connectivity index is 3.13. The van der Waals surface area contributed by atoms with Crippen LogP contribution >= 0.6 is 22.6 Å². The first-order chi connectivity index (χ1) is 6.93. The summed E-state index contributed by atoms with van der Waals surface area (Å²) in [4.78, 5) is 20.3. The number of rotatable bonds is 3. The number of carbonyl (C=O) groups is 1. The van der Waals surface area contributed by atoms with Gasteiger partial charge in [-0.3, -0.25) is 10.1 Å². The lowest BCUT2D eigenvalue weighted by molar-refractivity contribution is -0.385. The van der Waals surface area contributed by atoms with E-state index in [0.717, 1.165) is 6.07 Å². The van der Waals surface area contributed by atoms with Gasteiger partial charge in [0.25, 0.3) is 5.69 Å². The molecule has 0 fully saturated rings. The van der Waals surface area contributed by atoms with Gasteiger partial charge in [0, 0.05) is 21.3 Å². The van der Waals surface area contributed by atoms with Crippen molar-refractivity contribution in [3.8, 4) is 0 Å². The van der Waals surface area contributed by atoms with Gasteiger partial charge in [0.15, 0.2) is 6.10 Å². The zero-order valence-electron chi connectivity index (χ0n) is 7.25. The maximum Gasteiger partial charge on any atom is 0.337 e. The molecule has 0 aliphatic heterocycles. The zero-order valence-corrected chi connectivity index (χ0v) is 9.41. The number of hydrogen-bond acceptors (Lipinski definition) is 4. The number of nitro benzene ring substituents is 1. The van der Waals surface area contributed by atoms with E-state index >= 15 is 0 Å². The first-order valence-corrected chi connectivity index (χ1v) is 4.86. The Morgan fingerprint density at radius 1 is 1.53 bits per heavy atom. The number of aliphatic hydroxyl groups excluding tert-OH is 1. The van der Waals surface area contributed by atoms with Crippen LogP contribution in [0.25, 0.3) is 0 Å². The van der Waals surface area contributed by atoms with E-state index in [1.54, 1.807) is 22.6 Å². The Kier molecular flexibility index (Phi) is 3.58. The van der Waals surface area contributed by atoms with Gasteiger partial charge in [-0.15, -0.1) is 0 Å². The van der Waals surface area contributed by atoms with Crippen molar-refractivity contribution >= 4 is 34.2 Å². The minimum absolute atomic E-state index is 0.138. The molecule has 0 aliphatic rings. The van der Waals surface area contributed by atoms with Crippen LogP contribution in [0.3, 0.4) is 0 Å². The van der Waals surface area contributed by atoms with Crippen LogP contribution < -0.4 is 0 Å². The van der Waals surface area contributed by atoms with Crippen LogP contribution in [0.15, 0.2) is 18.2 Å². The van der Waals surface area contributed by atoms with Crippen LogP contribution in [-0.4, -0.2) is 21.1 Å². The van der Waals surface area contributed by atoms with Gasteiger partial charge in [0.05, 0.1) is 4.92 Å². The van der Waals surface area contributed by atoms with Gasteiger partial charge in [0.1, 0.15) is 0 Å². The third-order valence-electron chi connectivity index (χ3n) is 1.72. The standard InChI is InChI=1S/C8H6INO5/c9-6-3-4(10(14)15)1-2-5(6)7(11)8(12)13/h1-3,7,11H,(H,12,13). The van der Waals surface area contributed by atoms with Crippen molar-refractivity contribution in [3.63, 3.8) is 0 Å². The largest absolute Gasteiger partial charge is 0.479 e. The predicted molar refractivity (Wildman–Crippen MR) is 58.4 cm³/mol. The third kappa shape index (κ3) is 2.63. The summed E-state index contributed by atoms with van der Waals surface area (Å²) in [7, 11) is 0. The Labute approximate surface area is 97.8 Å². The fraction of sp³-hybridized carbons (Fsp3) is 0.125. The average Bonchev–Trinajstić information content (AvgIpc) is 2.16. The highest BCUT2D eigenvalue weighted by Gasteiger charge is 2.20. The Hall–Kier alpha value is -1.22. The molecule has 2 N–H and O–H groups in total. The van der Waals surface area contributed by atoms with Crippen molar-refractivity contribution < 1.29 is 19.9 Å². The predicted octanol–water partition coefficient (Wildman–Crippen LogP) is 1.32. The second-order valence-electron chi connectivity index (χ2n) is 2.70. The van der Waals surface area contributed by atoms with Crippen molar-refractivity contribution in [1.29, 1.82) is 0 Å². The lowest BCUT2D eigenvalue weighted by Gasteiger charge is -2.07. The highest BCUT2D eigenvalue weighted by atomic mass is 127. The quantitative estimate of drug-likeness (QED) is 0.496. The number of halogens is 1. The summed E-state index contributed by atoms with van der Waals surface area (Å²) in [6, 6.07) is 3.60. The van der Waals surface area contributed by atoms with E-state index in [-0.39, 0.29) is 11.3 Å². The van der Waals surface area contributed by atoms with Crippen LogP contribution in [0.4, 0.5) is 5.69 Å². The molecule has 0 amide bonds. The van der Waals surface area contributed by atoms with Gasteiger partial charge < -0.3 is 10.2 Å². The topological polar surface area (TPSA) is 101 Å². The summed E-state index contributed by atoms with van der Waals surface area (Å²) in [6.45, 7) is 0. The van der Waals surface area contributed by atoms with Gasteiger partial charge in [-0.2, -0.15) is 0 Å². The van der Waals surface area contributed by atoms with Crippen molar-refractivity contribution in [1.82, 2.24) is 0 Å². The number of nitro groups is 1. The number of benzene rings is 1. The molecule has 6 nitrogen and oxygen atoms in total. The fourth-order valence-corrected chi connectivity index (χ4v) is 1.78. The van der Waals surface area contributed by atoms with Crippen molar-refractivity contribution in [2.75, 3.05) is 0 Å². The first kappa shape index (κ1) is 11.9. The van der Waals surface area contributed by atoms with Crippen LogP contribution in [0, 0.1) is 13.7 Å². The molecule has 80 valence electrons. The van der Waals surface area contributed by atoms with Crippen molar-refractivity contribution in [3.05, 3.63) is 37.4 Å². The number of nitrogens with zero attached hydrogens (tertiary/aromatic N) is 1. The molecule has 0 saturated heterocycles. The molecular weight excluding hydrogens is 317 g/mol. The van der Waals surface area contributed by atoms with Crippen LogP contribution in [0.2, 0.25) is 0 Å². The van der Waals surface area contributed by atoms with Gasteiger partial charge in [-0.05, 0) is 28.7 Å². The summed E-state index contributed by atoms with van der Waals surface area (Å²) < 4.78 is 0.344. The molecule has 1 unspecified atom stereocenters. The minimum Gasteiger partial charge on any atom is -0.479 e. The van der Waals surface area contributed by atoms with E-state index < -0.39 is 17.0 Å². The summed E-state index contributed by atoms with van der Waals surface area (Å²) >= 11 is 1.74. The van der Waals surface area contributed by atoms with Crippen molar-refractivity contribution in [2.24, 2.45) is 0 Å². The number of non-ortho nitro benzene ring substituents is 1. The molecule has 0 aromatic heterocycles. The molecule has 0 bridgehead atoms. The molecule has 1 atom stereocenters. The van der Waals surface area contributed by atoms with Crippen LogP contribution in [-0.2, 0) is 4.79 Å². The van der Waals surface area contributed by atoms with E-state index in [4.69, 9.17) is 5.11 Å². The molecule has 7 heteroatoms. The zero-order chi connectivity index (χ0) is 11.6. The lowest BCUT2D eigenvalue weighted by atomic mass is 10.1. The molecule has 1 rings (SSSR count). The summed E-state index contributed by atoms with van der Waals surface area (Å²) in [5.74, 6) is -1.39. The molecule has 0 spiro atoms. The maximum atomic E-state index is 10.5. The maximum absolute atomic E-state index is 10.5. The monoisotopic (exact) mass is 323 g/mol. The summed E-state index contributed by atoms with van der Waals surface area (Å²) in [5, 5.41) is 28.2. The van der Waals surface area contributed by atoms with Gasteiger partial charge in [-0.25, -0.2) is 4.79 Å². The highest BCUT2D eigenvalue weighted by molar-refractivity contribution is 14.1. The second-order valence-corrected chi connectivity index (χ2v) is 3.87. The number of hydrogen-bond donors (Lipinski definition) is 2. The number of aliphatic hydroxyl groups is 1. The van der Waals surface area contributed by atoms with Gasteiger partial charge in [0.2, 0.25) is 0 Å². The SMILES string of the molecule is O=C(O)C(O)c1ccc([N+](=O)[O-])cc1I. The van der Waals surface area contributed by atoms with E-state index in [1.165, 1.54) is 12.1 Å². The molecular formula is C8H6INO5. The second kappa shape index (κ2) is 4.53. The van der Waals surface area contributed by atoms with Crippen LogP contribution in [0.5, 0.6) is 0 Å². The number of carboxylic acids is 1. The van der Waals surface area contributed by atoms with Gasteiger partial charge in [-0.1, -0.05) is 0 Å². The lowest BCUT2D eigenvalue weighted by Crippen LogP contribution is -2.11. The third-order valence-corrected chi connectivity index (χ3v) is 2.66. The van der Waals surface area contributed by atoms with Gasteiger partial charge >= 0.3 is 5.97 Å². The number of aliphatic carboxylic acids is 1. The Morgan fingerprint density at radius 3 is 2.53 bits per heavy atom. The molecule has 1 aromatic carbocycles. The Morgan fingerprint density at radius 2 is 2.13 bits per heavy atom. The van der Waals surface area contributed by atoms with Crippen molar-refractivity contribution in [2.45, 2.75) is 6.10 Å². The highest BCUT2D eigenvalue weighted by Crippen LogP contribution is 2.24. The first-order valence-electron chi connectivity index (χ1n) is 3.78. The van der Waals surface area contributed by atoms with Crippen LogP contribution in [0.1, 0.15) is 11.7 Å². The molecule has 0 heterocycles. The van der Waals surface area contributed by atoms with E-state index in [2.05, 4.69) is 0 Å². The van der Waals surface area contributed by atoms with E-state index in [1.807, 2.05) is 0 Å². The smallest absolute Gasteiger partial charge is 0.337 e. The normalized spacial score (nSPS) is 12.1. The minimum atomic E-state index is -1.65. The van der Waals surface area contributed by atoms with E-state index in [9.17, 15) is 20.0 Å². The Bertz CT molecular complexity index is 419. The number of carboxylic acid groups (broad SMARTS) is 1. The summed E-state index contributed by atoms with van der Waals surface area (Å²) in [5.41, 5.74) is 0.00874. The average molecular weight is 323 g/mol. The summed E-state index contributed by atoms with van der Waals surface area (Å²) in [6.07, 6.45) is -1.65. The molecule has 15 heavy (non-hydrogen) atoms. The molecule has 0 radical (unpaired) electrons. The molecule has 0 aliphatic carbocycles. The van der Waals surface area contributed by atoms with E-state index in [0.29, 0.717) is 3.57 Å². The molecule has 1 aromatic rings.